The molecule has 0 radical (unpaired) electrons. The van der Waals surface area contributed by atoms with Crippen molar-refractivity contribution in [3.05, 3.63) is 48.6 Å². The van der Waals surface area contributed by atoms with Gasteiger partial charge in [0.05, 0.1) is 49.1 Å². The van der Waals surface area contributed by atoms with E-state index in [2.05, 4.69) is 55.5 Å². The van der Waals surface area contributed by atoms with Gasteiger partial charge in [-0.25, -0.2) is 0 Å². The van der Waals surface area contributed by atoms with Crippen molar-refractivity contribution in [1.29, 1.82) is 0 Å². The van der Waals surface area contributed by atoms with E-state index in [0.717, 1.165) is 182 Å². The van der Waals surface area contributed by atoms with Gasteiger partial charge in [0, 0.05) is 0 Å². The molecule has 13 saturated carbocycles. The molecule has 17 rings (SSSR count). The maximum Gasteiger partial charge on any atom is 0.309 e. The summed E-state index contributed by atoms with van der Waals surface area (Å²) in [6, 6.07) is 0. The van der Waals surface area contributed by atoms with Crippen molar-refractivity contribution in [3.8, 4) is 0 Å². The van der Waals surface area contributed by atoms with Crippen LogP contribution in [0.25, 0.3) is 0 Å². The minimum absolute atomic E-state index is 0.124. The van der Waals surface area contributed by atoms with Crippen molar-refractivity contribution in [3.63, 3.8) is 0 Å². The average Bonchev–Trinajstić information content (AvgIpc) is 1.58. The highest BCUT2D eigenvalue weighted by molar-refractivity contribution is 5.72. The van der Waals surface area contributed by atoms with Crippen LogP contribution < -0.4 is 0 Å². The summed E-state index contributed by atoms with van der Waals surface area (Å²) in [6.07, 6.45) is 40.3. The van der Waals surface area contributed by atoms with Gasteiger partial charge in [-0.15, -0.1) is 0 Å². The predicted octanol–water partition coefficient (Wildman–Crippen LogP) is 14.8. The molecular formula is C82H122O12. The van der Waals surface area contributed by atoms with Crippen LogP contribution in [0.5, 0.6) is 0 Å². The summed E-state index contributed by atoms with van der Waals surface area (Å²) in [5.74, 6) is 19.4. The van der Waals surface area contributed by atoms with Crippen LogP contribution in [0.15, 0.2) is 48.6 Å². The molecule has 16 bridgehead atoms. The van der Waals surface area contributed by atoms with Crippen LogP contribution in [0.4, 0.5) is 0 Å². The number of aliphatic hydroxyl groups is 4. The maximum absolute atomic E-state index is 12.7. The number of hydrogen-bond acceptors (Lipinski definition) is 12. The summed E-state index contributed by atoms with van der Waals surface area (Å²) in [5.41, 5.74) is -3.51. The van der Waals surface area contributed by atoms with Crippen LogP contribution >= 0.6 is 0 Å². The van der Waals surface area contributed by atoms with Crippen LogP contribution in [0, 0.1) is 166 Å². The number of allylic oxidation sites excluding steroid dienone is 8. The number of hydrogen-bond donors (Lipinski definition) is 4. The topological polar surface area (TPSA) is 186 Å². The number of rotatable bonds is 15. The molecular weight excluding hydrogens is 1180 g/mol. The van der Waals surface area contributed by atoms with E-state index in [4.69, 9.17) is 18.9 Å². The van der Waals surface area contributed by atoms with Crippen LogP contribution in [0.2, 0.25) is 0 Å². The van der Waals surface area contributed by atoms with Crippen molar-refractivity contribution < 1.29 is 58.6 Å². The van der Waals surface area contributed by atoms with Crippen molar-refractivity contribution in [2.75, 3.05) is 0 Å². The standard InChI is InChI=1S/C23H34O3.2C20H30O3.C19H28O3/c1-3-23(8-4-5-9-23)26-19(24)13-22(2,25)18-12-16-11-17(18)21-15-7-6-14(10-15)20(16)21;1-19(2,3)23-16(21)10-20(4,22)15-9-13-8-14(15)18-12-6-5-11(7-12)17(13)18;1-20(2,3)23-17(22)10-15(21)8-13-7-14-9-16(13)19-12-5-4-11(6-12)18(14)19;1-19(2,3)22-16(21)9-15(20)13-7-12-8-14(13)18-11-5-4-10(6-11)17(12)18/h6-7,14-18,20-21,25H,3-5,8-13H2,1-2H3;5-6,11-15,17-18,22H,7-10H2,1-4H3;4-5,11-16,18-19,21H,6-10H2,1-3H3;4-5,10-15,17-18,20H,6-9H2,1-3H3. The molecule has 94 heavy (non-hydrogen) atoms. The van der Waals surface area contributed by atoms with Crippen LogP contribution in [0.1, 0.15) is 224 Å². The SMILES string of the molecule is CC(C)(C)OC(=O)CC(C)(O)C1CC2CC1C1C3C=CC(C3)C21.CC(C)(C)OC(=O)CC(O)C1CC2CC1C1C3C=CC(C3)C21.CC(C)(C)OC(=O)CC(O)CC1CC2CC1C1C3C=CC(C3)C21.CCC1(OC(=O)CC(C)(O)C2CC3CC2C2C4C=CC(C4)C32)CCCC1. The lowest BCUT2D eigenvalue weighted by Gasteiger charge is -2.43. The minimum atomic E-state index is -0.932. The molecule has 0 aromatic carbocycles. The van der Waals surface area contributed by atoms with E-state index in [1.54, 1.807) is 0 Å². The minimum Gasteiger partial charge on any atom is -0.460 e. The molecule has 32 unspecified atom stereocenters. The Morgan fingerprint density at radius 1 is 0.426 bits per heavy atom. The predicted molar refractivity (Wildman–Crippen MR) is 361 cm³/mol. The van der Waals surface area contributed by atoms with E-state index in [1.807, 2.05) is 76.2 Å². The van der Waals surface area contributed by atoms with Gasteiger partial charge in [-0.05, 0) is 357 Å². The molecule has 12 nitrogen and oxygen atoms in total. The highest BCUT2D eigenvalue weighted by atomic mass is 16.6. The Hall–Kier alpha value is -3.32. The number of aliphatic hydroxyl groups excluding tert-OH is 2. The molecule has 13 fully saturated rings. The molecule has 0 aliphatic heterocycles. The third kappa shape index (κ3) is 12.8. The fraction of sp³-hybridized carbons (Fsp3) is 0.854. The summed E-state index contributed by atoms with van der Waals surface area (Å²) >= 11 is 0. The number of ether oxygens (including phenoxy) is 4. The van der Waals surface area contributed by atoms with E-state index in [0.29, 0.717) is 29.6 Å². The number of fused-ring (bicyclic) bond motifs is 36. The zero-order valence-corrected chi connectivity index (χ0v) is 59.6. The first kappa shape index (κ1) is 67.8. The Labute approximate surface area is 564 Å². The van der Waals surface area contributed by atoms with Crippen molar-refractivity contribution in [2.45, 2.75) is 270 Å². The van der Waals surface area contributed by atoms with Gasteiger partial charge in [0.25, 0.3) is 0 Å². The van der Waals surface area contributed by atoms with Gasteiger partial charge in [-0.3, -0.25) is 19.2 Å². The van der Waals surface area contributed by atoms with Gasteiger partial charge < -0.3 is 39.4 Å². The molecule has 0 amide bonds. The third-order valence-corrected chi connectivity index (χ3v) is 29.5. The largest absolute Gasteiger partial charge is 0.460 e. The monoisotopic (exact) mass is 1300 g/mol. The van der Waals surface area contributed by atoms with Gasteiger partial charge in [0.2, 0.25) is 0 Å². The van der Waals surface area contributed by atoms with Gasteiger partial charge >= 0.3 is 23.9 Å². The van der Waals surface area contributed by atoms with Crippen molar-refractivity contribution >= 4 is 23.9 Å². The van der Waals surface area contributed by atoms with Gasteiger partial charge in [0.15, 0.2) is 0 Å². The Kier molecular flexibility index (Phi) is 17.9. The second-order valence-electron chi connectivity index (χ2n) is 38.5. The highest BCUT2D eigenvalue weighted by Crippen LogP contribution is 2.72. The fourth-order valence-electron chi connectivity index (χ4n) is 27.2. The van der Waals surface area contributed by atoms with Crippen LogP contribution in [0.3, 0.4) is 0 Å². The van der Waals surface area contributed by atoms with Crippen molar-refractivity contribution in [2.24, 2.45) is 166 Å². The summed E-state index contributed by atoms with van der Waals surface area (Å²) in [6.45, 7) is 22.8. The lowest BCUT2D eigenvalue weighted by Crippen LogP contribution is -2.45. The molecule has 522 valence electrons. The Balaban J connectivity index is 0.000000108. The smallest absolute Gasteiger partial charge is 0.309 e. The molecule has 4 N–H and O–H groups in total. The summed E-state index contributed by atoms with van der Waals surface area (Å²) < 4.78 is 22.1. The van der Waals surface area contributed by atoms with Crippen molar-refractivity contribution in [1.82, 2.24) is 0 Å². The molecule has 0 heterocycles. The molecule has 17 aliphatic carbocycles. The Bertz CT molecular complexity index is 2960. The molecule has 0 aromatic rings. The zero-order chi connectivity index (χ0) is 66.7. The highest BCUT2D eigenvalue weighted by Gasteiger charge is 2.67. The molecule has 0 aromatic heterocycles. The quantitative estimate of drug-likeness (QED) is 0.0527. The first-order valence-electron chi connectivity index (χ1n) is 38.6. The molecule has 32 atom stereocenters. The first-order valence-corrected chi connectivity index (χ1v) is 38.6. The van der Waals surface area contributed by atoms with Crippen LogP contribution in [-0.2, 0) is 38.1 Å². The van der Waals surface area contributed by atoms with E-state index < -0.39 is 40.2 Å². The van der Waals surface area contributed by atoms with Crippen LogP contribution in [-0.4, -0.2) is 90.1 Å². The molecule has 0 saturated heterocycles. The van der Waals surface area contributed by atoms with E-state index in [1.165, 1.54) is 57.8 Å². The lowest BCUT2D eigenvalue weighted by molar-refractivity contribution is -0.168. The van der Waals surface area contributed by atoms with Gasteiger partial charge in [-0.1, -0.05) is 55.5 Å². The first-order chi connectivity index (χ1) is 44.2. The number of carbonyl (C=O) groups is 4. The zero-order valence-electron chi connectivity index (χ0n) is 59.6. The lowest BCUT2D eigenvalue weighted by atomic mass is 9.65. The van der Waals surface area contributed by atoms with Gasteiger partial charge in [-0.2, -0.15) is 0 Å². The fourth-order valence-corrected chi connectivity index (χ4v) is 27.2. The maximum atomic E-state index is 12.7. The summed E-state index contributed by atoms with van der Waals surface area (Å²) in [4.78, 5) is 48.8. The van der Waals surface area contributed by atoms with Gasteiger partial charge in [0.1, 0.15) is 22.4 Å². The van der Waals surface area contributed by atoms with E-state index in [9.17, 15) is 39.6 Å². The van der Waals surface area contributed by atoms with E-state index in [-0.39, 0.29) is 67.0 Å². The van der Waals surface area contributed by atoms with E-state index >= 15 is 0 Å². The second kappa shape index (κ2) is 24.8. The molecule has 0 spiro atoms. The molecule has 17 aliphatic rings. The summed E-state index contributed by atoms with van der Waals surface area (Å²) in [7, 11) is 0. The number of esters is 4. The normalized spacial score (nSPS) is 45.8. The summed E-state index contributed by atoms with van der Waals surface area (Å²) in [5, 5.41) is 43.4. The third-order valence-electron chi connectivity index (χ3n) is 29.5. The average molecular weight is 1300 g/mol. The molecule has 12 heteroatoms. The number of carbonyl (C=O) groups excluding carboxylic acids is 4. The second-order valence-corrected chi connectivity index (χ2v) is 38.5. The Morgan fingerprint density at radius 2 is 0.777 bits per heavy atom. The Morgan fingerprint density at radius 3 is 1.21 bits per heavy atom.